The molecule has 2 unspecified atom stereocenters. The summed E-state index contributed by atoms with van der Waals surface area (Å²) in [5.41, 5.74) is 1.25. The van der Waals surface area contributed by atoms with Crippen molar-refractivity contribution in [2.45, 2.75) is 38.7 Å². The van der Waals surface area contributed by atoms with Gasteiger partial charge in [-0.05, 0) is 30.4 Å². The molecule has 0 saturated carbocycles. The van der Waals surface area contributed by atoms with Crippen molar-refractivity contribution in [3.8, 4) is 5.75 Å². The maximum Gasteiger partial charge on any atom is 0.224 e. The van der Waals surface area contributed by atoms with Crippen molar-refractivity contribution in [2.75, 3.05) is 33.2 Å². The molecule has 27 heavy (non-hydrogen) atoms. The van der Waals surface area contributed by atoms with Crippen LogP contribution in [-0.2, 0) is 11.2 Å². The number of rotatable bonds is 5. The second-order valence-corrected chi connectivity index (χ2v) is 7.27. The average molecular weight is 486 g/mol. The van der Waals surface area contributed by atoms with Crippen LogP contribution in [0.5, 0.6) is 5.75 Å². The minimum atomic E-state index is 0. The number of ether oxygens (including phenoxy) is 1. The molecular weight excluding hydrogens is 455 g/mol. The van der Waals surface area contributed by atoms with Crippen molar-refractivity contribution < 1.29 is 9.53 Å². The van der Waals surface area contributed by atoms with Gasteiger partial charge in [0, 0.05) is 39.5 Å². The lowest BCUT2D eigenvalue weighted by Gasteiger charge is -2.31. The summed E-state index contributed by atoms with van der Waals surface area (Å²) in [5, 5.41) is 6.53. The Hall–Kier alpha value is -1.51. The van der Waals surface area contributed by atoms with Crippen molar-refractivity contribution in [2.24, 2.45) is 10.9 Å². The lowest BCUT2D eigenvalue weighted by Crippen LogP contribution is -2.44. The number of para-hydroxylation sites is 1. The Morgan fingerprint density at radius 3 is 2.89 bits per heavy atom. The molecule has 150 valence electrons. The topological polar surface area (TPSA) is 66.0 Å². The highest BCUT2D eigenvalue weighted by Crippen LogP contribution is 2.27. The number of benzene rings is 1. The smallest absolute Gasteiger partial charge is 0.224 e. The van der Waals surface area contributed by atoms with Crippen LogP contribution in [-0.4, -0.2) is 56.1 Å². The van der Waals surface area contributed by atoms with Gasteiger partial charge in [0.15, 0.2) is 5.96 Å². The summed E-state index contributed by atoms with van der Waals surface area (Å²) < 4.78 is 5.93. The number of carbonyl (C=O) groups excluding carboxylic acids is 1. The largest absolute Gasteiger partial charge is 0.488 e. The van der Waals surface area contributed by atoms with Gasteiger partial charge in [-0.2, -0.15) is 0 Å². The molecule has 1 aromatic carbocycles. The van der Waals surface area contributed by atoms with E-state index in [0.29, 0.717) is 31.4 Å². The molecule has 7 heteroatoms. The van der Waals surface area contributed by atoms with Gasteiger partial charge in [-0.15, -0.1) is 24.0 Å². The maximum atomic E-state index is 12.3. The molecule has 2 heterocycles. The van der Waals surface area contributed by atoms with Gasteiger partial charge in [0.25, 0.3) is 0 Å². The molecule has 1 amide bonds. The molecule has 0 aromatic heterocycles. The van der Waals surface area contributed by atoms with Crippen LogP contribution in [0.3, 0.4) is 0 Å². The highest BCUT2D eigenvalue weighted by molar-refractivity contribution is 14.0. The van der Waals surface area contributed by atoms with E-state index in [4.69, 9.17) is 4.74 Å². The van der Waals surface area contributed by atoms with Gasteiger partial charge >= 0.3 is 0 Å². The van der Waals surface area contributed by atoms with E-state index < -0.39 is 0 Å². The molecule has 3 rings (SSSR count). The standard InChI is InChI=1S/C20H30N4O2.HI/c1-15-6-5-11-24(14-15)19(25)9-10-22-20(21-2)23-13-17-12-16-7-3-4-8-18(16)26-17;/h3-4,7-8,15,17H,5-6,9-14H2,1-2H3,(H2,21,22,23);1H. The molecule has 0 radical (unpaired) electrons. The summed E-state index contributed by atoms with van der Waals surface area (Å²) in [4.78, 5) is 18.5. The fourth-order valence-corrected chi connectivity index (χ4v) is 3.66. The summed E-state index contributed by atoms with van der Waals surface area (Å²) in [6.07, 6.45) is 3.87. The average Bonchev–Trinajstić information content (AvgIpc) is 3.07. The highest BCUT2D eigenvalue weighted by atomic mass is 127. The van der Waals surface area contributed by atoms with Crippen molar-refractivity contribution in [3.63, 3.8) is 0 Å². The number of guanidine groups is 1. The SMILES string of the molecule is CN=C(NCCC(=O)N1CCCC(C)C1)NCC1Cc2ccccc2O1.I. The highest BCUT2D eigenvalue weighted by Gasteiger charge is 2.23. The molecule has 1 saturated heterocycles. The van der Waals surface area contributed by atoms with E-state index in [2.05, 4.69) is 28.6 Å². The van der Waals surface area contributed by atoms with Gasteiger partial charge in [-0.25, -0.2) is 0 Å². The monoisotopic (exact) mass is 486 g/mol. The first-order chi connectivity index (χ1) is 12.7. The van der Waals surface area contributed by atoms with E-state index in [1.54, 1.807) is 7.05 Å². The second-order valence-electron chi connectivity index (χ2n) is 7.27. The third-order valence-electron chi connectivity index (χ3n) is 5.08. The van der Waals surface area contributed by atoms with E-state index in [9.17, 15) is 4.79 Å². The molecule has 2 aliphatic rings. The molecule has 6 nitrogen and oxygen atoms in total. The zero-order valence-corrected chi connectivity index (χ0v) is 18.6. The lowest BCUT2D eigenvalue weighted by atomic mass is 10.00. The number of piperidine rings is 1. The third kappa shape index (κ3) is 6.26. The Labute approximate surface area is 179 Å². The van der Waals surface area contributed by atoms with Crippen molar-refractivity contribution in [1.82, 2.24) is 15.5 Å². The molecule has 0 aliphatic carbocycles. The summed E-state index contributed by atoms with van der Waals surface area (Å²) in [5.74, 6) is 2.53. The number of aliphatic imine (C=N–C) groups is 1. The van der Waals surface area contributed by atoms with Gasteiger partial charge in [-0.3, -0.25) is 9.79 Å². The summed E-state index contributed by atoms with van der Waals surface area (Å²) in [7, 11) is 1.74. The van der Waals surface area contributed by atoms with Crippen LogP contribution in [0.4, 0.5) is 0 Å². The zero-order chi connectivity index (χ0) is 18.4. The fraction of sp³-hybridized carbons (Fsp3) is 0.600. The van der Waals surface area contributed by atoms with Crippen molar-refractivity contribution in [3.05, 3.63) is 29.8 Å². The number of halogens is 1. The Morgan fingerprint density at radius 2 is 2.15 bits per heavy atom. The zero-order valence-electron chi connectivity index (χ0n) is 16.2. The van der Waals surface area contributed by atoms with E-state index in [1.807, 2.05) is 23.1 Å². The van der Waals surface area contributed by atoms with Crippen molar-refractivity contribution in [1.29, 1.82) is 0 Å². The minimum absolute atomic E-state index is 0. The number of nitrogens with zero attached hydrogens (tertiary/aromatic N) is 2. The van der Waals surface area contributed by atoms with Gasteiger partial charge in [0.2, 0.25) is 5.91 Å². The van der Waals surface area contributed by atoms with Crippen LogP contribution >= 0.6 is 24.0 Å². The van der Waals surface area contributed by atoms with E-state index in [1.165, 1.54) is 12.0 Å². The Kier molecular flexibility index (Phi) is 8.66. The van der Waals surface area contributed by atoms with Crippen LogP contribution in [0.25, 0.3) is 0 Å². The first-order valence-corrected chi connectivity index (χ1v) is 9.62. The predicted octanol–water partition coefficient (Wildman–Crippen LogP) is 2.42. The second kappa shape index (κ2) is 10.7. The molecular formula is C20H31IN4O2. The van der Waals surface area contributed by atoms with E-state index in [-0.39, 0.29) is 36.0 Å². The molecule has 1 aromatic rings. The molecule has 2 atom stereocenters. The van der Waals surface area contributed by atoms with Gasteiger partial charge in [-0.1, -0.05) is 25.1 Å². The molecule has 2 N–H and O–H groups in total. The summed E-state index contributed by atoms with van der Waals surface area (Å²) in [6.45, 7) is 5.29. The first kappa shape index (κ1) is 21.8. The predicted molar refractivity (Wildman–Crippen MR) is 119 cm³/mol. The molecule has 0 spiro atoms. The maximum absolute atomic E-state index is 12.3. The van der Waals surface area contributed by atoms with Crippen LogP contribution in [0.1, 0.15) is 31.7 Å². The van der Waals surface area contributed by atoms with Crippen LogP contribution in [0.2, 0.25) is 0 Å². The first-order valence-electron chi connectivity index (χ1n) is 9.62. The lowest BCUT2D eigenvalue weighted by molar-refractivity contribution is -0.132. The number of amides is 1. The van der Waals surface area contributed by atoms with Gasteiger partial charge < -0.3 is 20.3 Å². The van der Waals surface area contributed by atoms with Crippen molar-refractivity contribution >= 4 is 35.8 Å². The number of fused-ring (bicyclic) bond motifs is 1. The van der Waals surface area contributed by atoms with Crippen LogP contribution in [0, 0.1) is 5.92 Å². The van der Waals surface area contributed by atoms with Gasteiger partial charge in [0.05, 0.1) is 6.54 Å². The molecule has 1 fully saturated rings. The third-order valence-corrected chi connectivity index (χ3v) is 5.08. The van der Waals surface area contributed by atoms with E-state index >= 15 is 0 Å². The number of nitrogens with one attached hydrogen (secondary N) is 2. The van der Waals surface area contributed by atoms with Crippen LogP contribution < -0.4 is 15.4 Å². The number of carbonyl (C=O) groups is 1. The minimum Gasteiger partial charge on any atom is -0.488 e. The molecule has 0 bridgehead atoms. The Morgan fingerprint density at radius 1 is 1.33 bits per heavy atom. The summed E-state index contributed by atoms with van der Waals surface area (Å²) in [6, 6.07) is 8.15. The quantitative estimate of drug-likeness (QED) is 0.381. The van der Waals surface area contributed by atoms with Gasteiger partial charge in [0.1, 0.15) is 11.9 Å². The molecule has 2 aliphatic heterocycles. The normalized spacial score (nSPS) is 21.7. The fourth-order valence-electron chi connectivity index (χ4n) is 3.66. The van der Waals surface area contributed by atoms with E-state index in [0.717, 1.165) is 31.7 Å². The number of likely N-dealkylation sites (tertiary alicyclic amines) is 1. The number of hydrogen-bond acceptors (Lipinski definition) is 3. The summed E-state index contributed by atoms with van der Waals surface area (Å²) >= 11 is 0. The number of hydrogen-bond donors (Lipinski definition) is 2. The van der Waals surface area contributed by atoms with Crippen LogP contribution in [0.15, 0.2) is 29.3 Å². The Balaban J connectivity index is 0.00000261. The Bertz CT molecular complexity index is 628.